The molecule has 2 N–H and O–H groups in total. The zero-order chi connectivity index (χ0) is 9.98. The monoisotopic (exact) mass is 179 g/mol. The van der Waals surface area contributed by atoms with Gasteiger partial charge in [0, 0.05) is 6.08 Å². The van der Waals surface area contributed by atoms with Gasteiger partial charge in [0.2, 0.25) is 0 Å². The van der Waals surface area contributed by atoms with Crippen LogP contribution in [0.2, 0.25) is 0 Å². The van der Waals surface area contributed by atoms with Gasteiger partial charge in [-0.2, -0.15) is 0 Å². The maximum atomic E-state index is 9.25. The van der Waals surface area contributed by atoms with E-state index < -0.39 is 11.1 Å². The second-order valence-electron chi connectivity index (χ2n) is 1.32. The molecule has 0 bridgehead atoms. The van der Waals surface area contributed by atoms with E-state index in [-0.39, 0.29) is 13.2 Å². The Hall–Kier alpha value is -1.63. The maximum absolute atomic E-state index is 9.25. The van der Waals surface area contributed by atoms with E-state index in [1.165, 1.54) is 0 Å². The Labute approximate surface area is 68.0 Å². The minimum Gasteiger partial charge on any atom is -0.478 e. The first kappa shape index (κ1) is 13.0. The average molecular weight is 179 g/mol. The van der Waals surface area contributed by atoms with Crippen LogP contribution in [0.3, 0.4) is 0 Å². The number of carboxylic acids is 1. The first-order chi connectivity index (χ1) is 5.54. The van der Waals surface area contributed by atoms with Crippen molar-refractivity contribution < 1.29 is 24.9 Å². The van der Waals surface area contributed by atoms with Crippen LogP contribution in [-0.2, 0) is 9.63 Å². The smallest absolute Gasteiger partial charge is 0.327 e. The van der Waals surface area contributed by atoms with Crippen LogP contribution in [0.4, 0.5) is 0 Å². The summed E-state index contributed by atoms with van der Waals surface area (Å²) in [5, 5.41) is 23.8. The molecule has 0 rings (SSSR count). The van der Waals surface area contributed by atoms with Crippen molar-refractivity contribution >= 4 is 5.97 Å². The Morgan fingerprint density at radius 3 is 2.25 bits per heavy atom. The Bertz CT molecular complexity index is 156. The highest BCUT2D eigenvalue weighted by Gasteiger charge is 1.88. The lowest BCUT2D eigenvalue weighted by atomic mass is 10.7. The van der Waals surface area contributed by atoms with Crippen molar-refractivity contribution in [2.24, 2.45) is 0 Å². The molecule has 70 valence electrons. The molecule has 0 aliphatic carbocycles. The SMILES string of the molecule is C=CC(=O)O.O=[N+]([O-])OCCO. The molecule has 0 aromatic rings. The van der Waals surface area contributed by atoms with E-state index in [1.54, 1.807) is 0 Å². The van der Waals surface area contributed by atoms with Crippen LogP contribution >= 0.6 is 0 Å². The topological polar surface area (TPSA) is 110 Å². The molecule has 0 aliphatic heterocycles. The van der Waals surface area contributed by atoms with Gasteiger partial charge in [-0.3, -0.25) is 0 Å². The molecule has 7 heteroatoms. The van der Waals surface area contributed by atoms with E-state index in [4.69, 9.17) is 10.2 Å². The fraction of sp³-hybridized carbons (Fsp3) is 0.400. The summed E-state index contributed by atoms with van der Waals surface area (Å²) in [6, 6.07) is 0. The Balaban J connectivity index is 0. The van der Waals surface area contributed by atoms with E-state index in [0.29, 0.717) is 0 Å². The van der Waals surface area contributed by atoms with Gasteiger partial charge in [-0.15, -0.1) is 10.1 Å². The summed E-state index contributed by atoms with van der Waals surface area (Å²) in [5.74, 6) is -0.981. The maximum Gasteiger partial charge on any atom is 0.327 e. The third-order valence-electron chi connectivity index (χ3n) is 0.463. The third kappa shape index (κ3) is 23.8. The van der Waals surface area contributed by atoms with E-state index in [0.717, 1.165) is 6.08 Å². The number of nitrogens with zero attached hydrogens (tertiary/aromatic N) is 1. The molecular formula is C5H9NO6. The van der Waals surface area contributed by atoms with Crippen LogP contribution in [-0.4, -0.2) is 34.5 Å². The number of aliphatic hydroxyl groups is 1. The predicted molar refractivity (Wildman–Crippen MR) is 37.9 cm³/mol. The van der Waals surface area contributed by atoms with Crippen molar-refractivity contribution in [1.29, 1.82) is 0 Å². The summed E-state index contributed by atoms with van der Waals surface area (Å²) >= 11 is 0. The van der Waals surface area contributed by atoms with Crippen molar-refractivity contribution in [2.75, 3.05) is 13.2 Å². The Morgan fingerprint density at radius 1 is 1.75 bits per heavy atom. The second kappa shape index (κ2) is 9.37. The molecular weight excluding hydrogens is 170 g/mol. The molecule has 7 nitrogen and oxygen atoms in total. The summed E-state index contributed by atoms with van der Waals surface area (Å²) in [4.78, 5) is 22.1. The van der Waals surface area contributed by atoms with Gasteiger partial charge in [0.15, 0.2) is 0 Å². The Morgan fingerprint density at radius 2 is 2.17 bits per heavy atom. The summed E-state index contributed by atoms with van der Waals surface area (Å²) in [7, 11) is 0. The van der Waals surface area contributed by atoms with Crippen molar-refractivity contribution in [3.05, 3.63) is 22.8 Å². The van der Waals surface area contributed by atoms with Crippen molar-refractivity contribution in [2.45, 2.75) is 0 Å². The van der Waals surface area contributed by atoms with Crippen LogP contribution in [0, 0.1) is 10.1 Å². The molecule has 0 atom stereocenters. The fourth-order valence-electron chi connectivity index (χ4n) is 0.115. The molecule has 0 amide bonds. The summed E-state index contributed by atoms with van der Waals surface area (Å²) < 4.78 is 0. The zero-order valence-corrected chi connectivity index (χ0v) is 6.17. The Kier molecular flexibility index (Phi) is 10.1. The highest BCUT2D eigenvalue weighted by atomic mass is 16.9. The van der Waals surface area contributed by atoms with Gasteiger partial charge >= 0.3 is 5.97 Å². The van der Waals surface area contributed by atoms with Gasteiger partial charge in [0.1, 0.15) is 6.61 Å². The molecule has 0 unspecified atom stereocenters. The number of aliphatic hydroxyl groups excluding tert-OH is 1. The van der Waals surface area contributed by atoms with Gasteiger partial charge in [0.25, 0.3) is 5.09 Å². The van der Waals surface area contributed by atoms with E-state index in [1.807, 2.05) is 0 Å². The predicted octanol–water partition coefficient (Wildman–Crippen LogP) is -0.556. The van der Waals surface area contributed by atoms with Gasteiger partial charge in [-0.1, -0.05) is 6.58 Å². The van der Waals surface area contributed by atoms with E-state index >= 15 is 0 Å². The highest BCUT2D eigenvalue weighted by Crippen LogP contribution is 1.69. The van der Waals surface area contributed by atoms with Crippen molar-refractivity contribution in [3.63, 3.8) is 0 Å². The van der Waals surface area contributed by atoms with Crippen molar-refractivity contribution in [1.82, 2.24) is 0 Å². The standard InChI is InChI=1S/C3H4O2.C2H5NO4/c1-2-3(4)5;4-1-2-7-3(5)6/h2H,1H2,(H,4,5);4H,1-2H2. The van der Waals surface area contributed by atoms with Crippen LogP contribution in [0.15, 0.2) is 12.7 Å². The minimum absolute atomic E-state index is 0.243. The minimum atomic E-state index is -0.981. The molecule has 0 saturated heterocycles. The average Bonchev–Trinajstić information content (AvgIpc) is 2.02. The highest BCUT2D eigenvalue weighted by molar-refractivity contribution is 5.78. The molecule has 0 aromatic carbocycles. The number of carbonyl (C=O) groups is 1. The number of hydrogen-bond acceptors (Lipinski definition) is 5. The van der Waals surface area contributed by atoms with E-state index in [2.05, 4.69) is 11.4 Å². The molecule has 0 spiro atoms. The number of rotatable bonds is 4. The zero-order valence-electron chi connectivity index (χ0n) is 6.17. The lowest BCUT2D eigenvalue weighted by molar-refractivity contribution is -0.758. The van der Waals surface area contributed by atoms with Gasteiger partial charge in [-0.05, 0) is 0 Å². The fourth-order valence-corrected chi connectivity index (χ4v) is 0.115. The quantitative estimate of drug-likeness (QED) is 0.340. The number of aliphatic carboxylic acids is 1. The first-order valence-corrected chi connectivity index (χ1v) is 2.78. The summed E-state index contributed by atoms with van der Waals surface area (Å²) in [6.45, 7) is 2.40. The van der Waals surface area contributed by atoms with Crippen LogP contribution in [0.25, 0.3) is 0 Å². The van der Waals surface area contributed by atoms with E-state index in [9.17, 15) is 14.9 Å². The van der Waals surface area contributed by atoms with Crippen LogP contribution in [0.1, 0.15) is 0 Å². The molecule has 0 aliphatic rings. The number of carboxylic acid groups (broad SMARTS) is 1. The summed E-state index contributed by atoms with van der Waals surface area (Å²) in [5.41, 5.74) is 0. The largest absolute Gasteiger partial charge is 0.478 e. The van der Waals surface area contributed by atoms with Gasteiger partial charge in [-0.25, -0.2) is 4.79 Å². The lowest BCUT2D eigenvalue weighted by Crippen LogP contribution is -2.04. The molecule has 0 fully saturated rings. The molecule has 12 heavy (non-hydrogen) atoms. The molecule has 0 saturated carbocycles. The normalized spacial score (nSPS) is 7.42. The first-order valence-electron chi connectivity index (χ1n) is 2.78. The third-order valence-corrected chi connectivity index (χ3v) is 0.463. The second-order valence-corrected chi connectivity index (χ2v) is 1.32. The van der Waals surface area contributed by atoms with Crippen LogP contribution in [0.5, 0.6) is 0 Å². The van der Waals surface area contributed by atoms with Crippen molar-refractivity contribution in [3.8, 4) is 0 Å². The molecule has 0 aromatic heterocycles. The van der Waals surface area contributed by atoms with Crippen LogP contribution < -0.4 is 0 Å². The van der Waals surface area contributed by atoms with Gasteiger partial charge < -0.3 is 15.1 Å². The van der Waals surface area contributed by atoms with Gasteiger partial charge in [0.05, 0.1) is 6.61 Å². The number of hydrogen-bond donors (Lipinski definition) is 2. The lowest BCUT2D eigenvalue weighted by Gasteiger charge is -1.88. The molecule has 0 heterocycles. The summed E-state index contributed by atoms with van der Waals surface area (Å²) in [6.07, 6.45) is 0.833. The molecule has 0 radical (unpaired) electrons.